The Labute approximate surface area is 128 Å². The van der Waals surface area contributed by atoms with Crippen molar-refractivity contribution in [2.75, 3.05) is 19.6 Å². The van der Waals surface area contributed by atoms with Gasteiger partial charge in [-0.2, -0.15) is 4.31 Å². The van der Waals surface area contributed by atoms with Crippen molar-refractivity contribution < 1.29 is 12.8 Å². The highest BCUT2D eigenvalue weighted by Gasteiger charge is 2.26. The third-order valence-corrected chi connectivity index (χ3v) is 4.80. The summed E-state index contributed by atoms with van der Waals surface area (Å²) in [4.78, 5) is 0. The molecule has 0 saturated heterocycles. The summed E-state index contributed by atoms with van der Waals surface area (Å²) in [5.41, 5.74) is 0. The fraction of sp³-hybridized carbons (Fsp3) is 0.733. The minimum Gasteiger partial charge on any atom is -0.447 e. The number of nitrogens with zero attached hydrogens (tertiary/aromatic N) is 1. The van der Waals surface area contributed by atoms with Crippen molar-refractivity contribution in [3.8, 4) is 0 Å². The van der Waals surface area contributed by atoms with Crippen LogP contribution in [-0.2, 0) is 16.6 Å². The molecule has 0 aliphatic heterocycles. The van der Waals surface area contributed by atoms with E-state index in [1.807, 2.05) is 13.8 Å². The average molecular weight is 316 g/mol. The lowest BCUT2D eigenvalue weighted by Crippen LogP contribution is -2.32. The van der Waals surface area contributed by atoms with Gasteiger partial charge in [-0.1, -0.05) is 27.7 Å². The van der Waals surface area contributed by atoms with Crippen LogP contribution in [-0.4, -0.2) is 32.4 Å². The second kappa shape index (κ2) is 8.56. The van der Waals surface area contributed by atoms with E-state index in [9.17, 15) is 8.42 Å². The molecular weight excluding hydrogens is 288 g/mol. The van der Waals surface area contributed by atoms with Gasteiger partial charge in [0.2, 0.25) is 5.09 Å². The highest BCUT2D eigenvalue weighted by atomic mass is 32.2. The molecule has 0 saturated carbocycles. The van der Waals surface area contributed by atoms with E-state index in [1.165, 1.54) is 4.31 Å². The Balaban J connectivity index is 2.76. The molecule has 0 amide bonds. The van der Waals surface area contributed by atoms with E-state index in [0.29, 0.717) is 31.3 Å². The first-order chi connectivity index (χ1) is 9.91. The van der Waals surface area contributed by atoms with Gasteiger partial charge >= 0.3 is 0 Å². The van der Waals surface area contributed by atoms with Gasteiger partial charge in [0.15, 0.2) is 0 Å². The Morgan fingerprint density at radius 1 is 1.19 bits per heavy atom. The molecule has 1 aromatic rings. The van der Waals surface area contributed by atoms with Crippen LogP contribution in [0.2, 0.25) is 0 Å². The molecule has 0 spiro atoms. The minimum absolute atomic E-state index is 0.0470. The number of hydrogen-bond acceptors (Lipinski definition) is 4. The Kier molecular flexibility index (Phi) is 7.42. The monoisotopic (exact) mass is 316 g/mol. The minimum atomic E-state index is -3.51. The molecule has 0 radical (unpaired) electrons. The lowest BCUT2D eigenvalue weighted by atomic mass is 10.2. The van der Waals surface area contributed by atoms with Crippen LogP contribution in [0.15, 0.2) is 21.6 Å². The summed E-state index contributed by atoms with van der Waals surface area (Å²) in [5, 5.41) is 3.29. The predicted octanol–water partition coefficient (Wildman–Crippen LogP) is 2.84. The van der Waals surface area contributed by atoms with Crippen LogP contribution in [0.3, 0.4) is 0 Å². The van der Waals surface area contributed by atoms with Crippen LogP contribution < -0.4 is 5.32 Å². The Hall–Kier alpha value is -0.850. The molecule has 1 aromatic heterocycles. The molecule has 5 nitrogen and oxygen atoms in total. The zero-order chi connectivity index (χ0) is 15.9. The van der Waals surface area contributed by atoms with E-state index >= 15 is 0 Å². The lowest BCUT2D eigenvalue weighted by molar-refractivity contribution is 0.360. The molecule has 1 rings (SSSR count). The summed E-state index contributed by atoms with van der Waals surface area (Å²) < 4.78 is 32.0. The lowest BCUT2D eigenvalue weighted by Gasteiger charge is -2.19. The van der Waals surface area contributed by atoms with Crippen LogP contribution in [0.1, 0.15) is 46.3 Å². The van der Waals surface area contributed by atoms with Crippen molar-refractivity contribution in [2.24, 2.45) is 5.92 Å². The van der Waals surface area contributed by atoms with Crippen molar-refractivity contribution in [1.29, 1.82) is 0 Å². The second-order valence-electron chi connectivity index (χ2n) is 5.65. The maximum atomic E-state index is 12.5. The van der Waals surface area contributed by atoms with Crippen molar-refractivity contribution in [2.45, 2.75) is 52.2 Å². The first kappa shape index (κ1) is 18.2. The van der Waals surface area contributed by atoms with Gasteiger partial charge in [0, 0.05) is 13.1 Å². The van der Waals surface area contributed by atoms with E-state index in [2.05, 4.69) is 19.2 Å². The molecule has 1 heterocycles. The van der Waals surface area contributed by atoms with Crippen LogP contribution in [0.25, 0.3) is 0 Å². The highest BCUT2D eigenvalue weighted by molar-refractivity contribution is 7.89. The molecule has 21 heavy (non-hydrogen) atoms. The largest absolute Gasteiger partial charge is 0.447 e. The van der Waals surface area contributed by atoms with Crippen molar-refractivity contribution in [3.05, 3.63) is 17.9 Å². The average Bonchev–Trinajstić information content (AvgIpc) is 2.87. The molecule has 0 aliphatic rings. The molecular formula is C15H28N2O3S. The normalized spacial score (nSPS) is 12.5. The van der Waals surface area contributed by atoms with E-state index in [-0.39, 0.29) is 5.09 Å². The Morgan fingerprint density at radius 2 is 1.81 bits per heavy atom. The second-order valence-corrected chi connectivity index (χ2v) is 7.52. The molecule has 0 fully saturated rings. The van der Waals surface area contributed by atoms with Gasteiger partial charge in [-0.25, -0.2) is 8.42 Å². The topological polar surface area (TPSA) is 62.6 Å². The summed E-state index contributed by atoms with van der Waals surface area (Å²) in [6.45, 7) is 10.7. The third kappa shape index (κ3) is 5.45. The van der Waals surface area contributed by atoms with Gasteiger partial charge in [0.25, 0.3) is 10.0 Å². The molecule has 0 unspecified atom stereocenters. The first-order valence-electron chi connectivity index (χ1n) is 7.71. The van der Waals surface area contributed by atoms with E-state index < -0.39 is 10.0 Å². The quantitative estimate of drug-likeness (QED) is 0.721. The van der Waals surface area contributed by atoms with Crippen LogP contribution in [0.5, 0.6) is 0 Å². The highest BCUT2D eigenvalue weighted by Crippen LogP contribution is 2.19. The molecule has 0 atom stereocenters. The number of nitrogens with one attached hydrogen (secondary N) is 1. The maximum Gasteiger partial charge on any atom is 0.276 e. The zero-order valence-corrected chi connectivity index (χ0v) is 14.4. The fourth-order valence-corrected chi connectivity index (χ4v) is 3.61. The van der Waals surface area contributed by atoms with Crippen LogP contribution >= 0.6 is 0 Å². The van der Waals surface area contributed by atoms with E-state index in [4.69, 9.17) is 4.42 Å². The smallest absolute Gasteiger partial charge is 0.276 e. The van der Waals surface area contributed by atoms with Crippen LogP contribution in [0, 0.1) is 5.92 Å². The molecule has 122 valence electrons. The predicted molar refractivity (Wildman–Crippen MR) is 84.6 cm³/mol. The first-order valence-corrected chi connectivity index (χ1v) is 9.15. The molecule has 1 N–H and O–H groups in total. The molecule has 6 heteroatoms. The summed E-state index contributed by atoms with van der Waals surface area (Å²) in [5.74, 6) is 1.20. The fourth-order valence-electron chi connectivity index (χ4n) is 2.05. The number of hydrogen-bond donors (Lipinski definition) is 1. The van der Waals surface area contributed by atoms with E-state index in [1.54, 1.807) is 12.1 Å². The van der Waals surface area contributed by atoms with Gasteiger partial charge < -0.3 is 9.73 Å². The summed E-state index contributed by atoms with van der Waals surface area (Å²) >= 11 is 0. The van der Waals surface area contributed by atoms with Gasteiger partial charge in [-0.05, 0) is 37.4 Å². The van der Waals surface area contributed by atoms with Gasteiger partial charge in [0.05, 0.1) is 6.54 Å². The third-order valence-electron chi connectivity index (χ3n) is 3.03. The molecule has 0 bridgehead atoms. The Bertz CT molecular complexity index is 503. The summed E-state index contributed by atoms with van der Waals surface area (Å²) in [7, 11) is -3.51. The van der Waals surface area contributed by atoms with Crippen molar-refractivity contribution >= 4 is 10.0 Å². The number of rotatable bonds is 10. The van der Waals surface area contributed by atoms with Gasteiger partial charge in [-0.3, -0.25) is 0 Å². The number of furan rings is 1. The van der Waals surface area contributed by atoms with Crippen molar-refractivity contribution in [1.82, 2.24) is 9.62 Å². The summed E-state index contributed by atoms with van der Waals surface area (Å²) in [6.07, 6.45) is 1.59. The molecule has 0 aliphatic carbocycles. The van der Waals surface area contributed by atoms with Gasteiger partial charge in [0.1, 0.15) is 5.76 Å². The number of sulfonamides is 1. The zero-order valence-electron chi connectivity index (χ0n) is 13.6. The van der Waals surface area contributed by atoms with E-state index in [0.717, 1.165) is 19.4 Å². The SMILES string of the molecule is CCCN(CCC)S(=O)(=O)c1ccc(CNCC(C)C)o1. The standard InChI is InChI=1S/C15H28N2O3S/c1-5-9-17(10-6-2)21(18,19)15-8-7-14(20-15)12-16-11-13(3)4/h7-8,13,16H,5-6,9-12H2,1-4H3. The summed E-state index contributed by atoms with van der Waals surface area (Å²) in [6, 6.07) is 3.29. The maximum absolute atomic E-state index is 12.5. The van der Waals surface area contributed by atoms with Gasteiger partial charge in [-0.15, -0.1) is 0 Å². The molecule has 0 aromatic carbocycles. The van der Waals surface area contributed by atoms with Crippen LogP contribution in [0.4, 0.5) is 0 Å². The Morgan fingerprint density at radius 3 is 2.33 bits per heavy atom. The van der Waals surface area contributed by atoms with Crippen molar-refractivity contribution in [3.63, 3.8) is 0 Å².